The first-order valence-corrected chi connectivity index (χ1v) is 38.4. The molecule has 0 spiro atoms. The van der Waals surface area contributed by atoms with Crippen molar-refractivity contribution in [1.29, 1.82) is 0 Å². The molecule has 0 bridgehead atoms. The van der Waals surface area contributed by atoms with Crippen LogP contribution < -0.4 is 5.32 Å². The number of allylic oxidation sites excluding steroid dienone is 6. The highest BCUT2D eigenvalue weighted by Gasteiger charge is 2.44. The Kier molecular flexibility index (Phi) is 62.7. The van der Waals surface area contributed by atoms with Gasteiger partial charge < -0.3 is 50.5 Å². The molecule has 0 aromatic rings. The Hall–Kier alpha value is -1.67. The van der Waals surface area contributed by atoms with Crippen LogP contribution in [0, 0.1) is 0 Å². The number of hydrogen-bond donors (Lipinski definition) is 8. The molecule has 1 aliphatic heterocycles. The quantitative estimate of drug-likeness (QED) is 0.0215. The van der Waals surface area contributed by atoms with Gasteiger partial charge in [0.2, 0.25) is 5.91 Å². The van der Waals surface area contributed by atoms with E-state index >= 15 is 0 Å². The van der Waals surface area contributed by atoms with Gasteiger partial charge >= 0.3 is 0 Å². The number of unbranched alkanes of at least 4 members (excludes halogenated alkanes) is 50. The van der Waals surface area contributed by atoms with E-state index in [1.54, 1.807) is 0 Å². The van der Waals surface area contributed by atoms with Crippen LogP contribution in [0.25, 0.3) is 0 Å². The van der Waals surface area contributed by atoms with Gasteiger partial charge in [-0.15, -0.1) is 0 Å². The van der Waals surface area contributed by atoms with Gasteiger partial charge in [-0.2, -0.15) is 0 Å². The van der Waals surface area contributed by atoms with Crippen LogP contribution in [0.4, 0.5) is 0 Å². The molecule has 8 N–H and O–H groups in total. The van der Waals surface area contributed by atoms with E-state index in [4.69, 9.17) is 9.47 Å². The average molecular weight is 1250 g/mol. The number of hydrogen-bond acceptors (Lipinski definition) is 10. The van der Waals surface area contributed by atoms with Crippen molar-refractivity contribution in [2.45, 2.75) is 435 Å². The second kappa shape index (κ2) is 65.4. The van der Waals surface area contributed by atoms with E-state index in [1.807, 2.05) is 0 Å². The molecule has 1 amide bonds. The second-order valence-corrected chi connectivity index (χ2v) is 27.1. The summed E-state index contributed by atoms with van der Waals surface area (Å²) in [5.74, 6) is -0.705. The van der Waals surface area contributed by atoms with Gasteiger partial charge in [-0.3, -0.25) is 4.79 Å². The lowest BCUT2D eigenvalue weighted by molar-refractivity contribution is -0.303. The maximum atomic E-state index is 13.3. The molecular formula is C77H147NO10. The summed E-state index contributed by atoms with van der Waals surface area (Å²) < 4.78 is 11.2. The van der Waals surface area contributed by atoms with Crippen LogP contribution >= 0.6 is 0 Å². The van der Waals surface area contributed by atoms with Gasteiger partial charge in [-0.1, -0.05) is 352 Å². The Balaban J connectivity index is 2.17. The van der Waals surface area contributed by atoms with Crippen LogP contribution in [0.1, 0.15) is 380 Å². The van der Waals surface area contributed by atoms with Crippen molar-refractivity contribution >= 4 is 5.91 Å². The van der Waals surface area contributed by atoms with Gasteiger partial charge in [-0.05, 0) is 64.2 Å². The third-order valence-corrected chi connectivity index (χ3v) is 18.7. The van der Waals surface area contributed by atoms with Crippen LogP contribution in [0.2, 0.25) is 0 Å². The first kappa shape index (κ1) is 84.3. The van der Waals surface area contributed by atoms with Crippen molar-refractivity contribution in [2.75, 3.05) is 13.2 Å². The highest BCUT2D eigenvalue weighted by atomic mass is 16.7. The second-order valence-electron chi connectivity index (χ2n) is 27.1. The highest BCUT2D eigenvalue weighted by molar-refractivity contribution is 5.80. The molecule has 1 saturated heterocycles. The van der Waals surface area contributed by atoms with Crippen molar-refractivity contribution < 1.29 is 50.0 Å². The molecule has 1 fully saturated rings. The third kappa shape index (κ3) is 51.8. The zero-order chi connectivity index (χ0) is 63.9. The number of rotatable bonds is 68. The fourth-order valence-corrected chi connectivity index (χ4v) is 12.5. The SMILES string of the molecule is CCCCCCCCCCCCCCCC/C=C/CC/C=C/CC/C=C/CCCC(O)C(O)C(COC1OC(CO)C(O)C(O)C1O)NC(=O)C(O)CCCCCCCCCCCCCCCCCCCCCCCCCCCCCCCCCCCC. The summed E-state index contributed by atoms with van der Waals surface area (Å²) in [5.41, 5.74) is 0. The molecule has 520 valence electrons. The zero-order valence-electron chi connectivity index (χ0n) is 57.7. The molecule has 0 aromatic heterocycles. The summed E-state index contributed by atoms with van der Waals surface area (Å²) in [6, 6.07) is -1.20. The Morgan fingerprint density at radius 1 is 0.386 bits per heavy atom. The lowest BCUT2D eigenvalue weighted by Crippen LogP contribution is -2.60. The summed E-state index contributed by atoms with van der Waals surface area (Å²) in [5, 5.41) is 76.6. The van der Waals surface area contributed by atoms with Crippen molar-refractivity contribution in [3.8, 4) is 0 Å². The molecule has 88 heavy (non-hydrogen) atoms. The van der Waals surface area contributed by atoms with Crippen LogP contribution in [-0.2, 0) is 14.3 Å². The lowest BCUT2D eigenvalue weighted by atomic mass is 9.98. The van der Waals surface area contributed by atoms with E-state index in [-0.39, 0.29) is 12.8 Å². The van der Waals surface area contributed by atoms with E-state index in [9.17, 15) is 40.5 Å². The molecule has 11 heteroatoms. The number of aliphatic hydroxyl groups is 7. The number of carbonyl (C=O) groups is 1. The Labute approximate surface area is 543 Å². The number of amides is 1. The Morgan fingerprint density at radius 3 is 1.01 bits per heavy atom. The average Bonchev–Trinajstić information content (AvgIpc) is 3.73. The molecule has 0 radical (unpaired) electrons. The summed E-state index contributed by atoms with van der Waals surface area (Å²) >= 11 is 0. The van der Waals surface area contributed by atoms with E-state index < -0.39 is 74.2 Å². The molecule has 11 nitrogen and oxygen atoms in total. The number of nitrogens with one attached hydrogen (secondary N) is 1. The van der Waals surface area contributed by atoms with Gasteiger partial charge in [0, 0.05) is 0 Å². The molecule has 9 atom stereocenters. The molecule has 1 rings (SSSR count). The van der Waals surface area contributed by atoms with E-state index in [1.165, 1.54) is 289 Å². The number of carbonyl (C=O) groups excluding carboxylic acids is 1. The molecular weight excluding hydrogens is 1100 g/mol. The van der Waals surface area contributed by atoms with Crippen LogP contribution in [0.15, 0.2) is 36.5 Å². The van der Waals surface area contributed by atoms with Crippen molar-refractivity contribution in [3.05, 3.63) is 36.5 Å². The van der Waals surface area contributed by atoms with Crippen LogP contribution in [0.3, 0.4) is 0 Å². The fraction of sp³-hybridized carbons (Fsp3) is 0.909. The maximum absolute atomic E-state index is 13.3. The molecule has 1 aliphatic rings. The van der Waals surface area contributed by atoms with Gasteiger partial charge in [-0.25, -0.2) is 0 Å². The van der Waals surface area contributed by atoms with Crippen molar-refractivity contribution in [2.24, 2.45) is 0 Å². The first-order valence-electron chi connectivity index (χ1n) is 38.4. The van der Waals surface area contributed by atoms with Crippen molar-refractivity contribution in [1.82, 2.24) is 5.32 Å². The Bertz CT molecular complexity index is 1530. The third-order valence-electron chi connectivity index (χ3n) is 18.7. The standard InChI is InChI=1S/C77H147NO10/c1-3-5-7-9-11-13-15-17-19-21-23-25-27-29-31-32-33-34-35-36-37-39-41-43-45-47-49-51-53-55-57-59-61-63-65-70(81)76(86)78-68(67-87-77-75(85)74(84)73(83)71(66-79)88-77)72(82)69(80)64-62-60-58-56-54-52-50-48-46-44-42-40-38-30-28-26-24-22-20-18-16-14-12-10-8-6-4-2/h40,42,48,50,56,58,68-75,77,79-85H,3-39,41,43-47,49,51-55,57,59-67H2,1-2H3,(H,78,86)/b42-40+,50-48+,58-56+. The lowest BCUT2D eigenvalue weighted by Gasteiger charge is -2.40. The normalized spacial score (nSPS) is 18.8. The minimum atomic E-state index is -1.67. The summed E-state index contributed by atoms with van der Waals surface area (Å²) in [6.45, 7) is 3.50. The zero-order valence-corrected chi connectivity index (χ0v) is 57.7. The molecule has 1 heterocycles. The maximum Gasteiger partial charge on any atom is 0.249 e. The molecule has 0 saturated carbocycles. The summed E-state index contributed by atoms with van der Waals surface area (Å²) in [6.07, 6.45) is 74.0. The van der Waals surface area contributed by atoms with E-state index in [0.29, 0.717) is 19.3 Å². The molecule has 9 unspecified atom stereocenters. The van der Waals surface area contributed by atoms with Crippen LogP contribution in [0.5, 0.6) is 0 Å². The molecule has 0 aromatic carbocycles. The van der Waals surface area contributed by atoms with Gasteiger partial charge in [0.1, 0.15) is 36.6 Å². The monoisotopic (exact) mass is 1250 g/mol. The van der Waals surface area contributed by atoms with Gasteiger partial charge in [0.05, 0.1) is 25.4 Å². The summed E-state index contributed by atoms with van der Waals surface area (Å²) in [7, 11) is 0. The van der Waals surface area contributed by atoms with Crippen LogP contribution in [-0.4, -0.2) is 110 Å². The minimum absolute atomic E-state index is 0.243. The molecule has 0 aliphatic carbocycles. The predicted molar refractivity (Wildman–Crippen MR) is 372 cm³/mol. The Morgan fingerprint density at radius 2 is 0.682 bits per heavy atom. The van der Waals surface area contributed by atoms with Gasteiger partial charge in [0.15, 0.2) is 6.29 Å². The fourth-order valence-electron chi connectivity index (χ4n) is 12.5. The van der Waals surface area contributed by atoms with E-state index in [2.05, 4.69) is 55.6 Å². The smallest absolute Gasteiger partial charge is 0.249 e. The highest BCUT2D eigenvalue weighted by Crippen LogP contribution is 2.24. The number of aliphatic hydroxyl groups excluding tert-OH is 7. The largest absolute Gasteiger partial charge is 0.394 e. The predicted octanol–water partition coefficient (Wildman–Crippen LogP) is 19.3. The topological polar surface area (TPSA) is 189 Å². The van der Waals surface area contributed by atoms with E-state index in [0.717, 1.165) is 44.9 Å². The summed E-state index contributed by atoms with van der Waals surface area (Å²) in [4.78, 5) is 13.3. The minimum Gasteiger partial charge on any atom is -0.394 e. The first-order chi connectivity index (χ1) is 43.2. The van der Waals surface area contributed by atoms with Gasteiger partial charge in [0.25, 0.3) is 0 Å². The number of ether oxygens (including phenoxy) is 2. The van der Waals surface area contributed by atoms with Crippen molar-refractivity contribution in [3.63, 3.8) is 0 Å².